The van der Waals surface area contributed by atoms with Crippen molar-refractivity contribution in [3.8, 4) is 20.9 Å². The van der Waals surface area contributed by atoms with Gasteiger partial charge in [-0.3, -0.25) is 9.98 Å². The first-order valence-corrected chi connectivity index (χ1v) is 16.0. The Hall–Kier alpha value is -0.860. The molecule has 1 aromatic carbocycles. The van der Waals surface area contributed by atoms with E-state index in [9.17, 15) is 0 Å². The molecular weight excluding hydrogens is 604 g/mol. The molecule has 35 heavy (non-hydrogen) atoms. The first kappa shape index (κ1) is 25.8. The predicted molar refractivity (Wildman–Crippen MR) is 155 cm³/mol. The van der Waals surface area contributed by atoms with Crippen molar-refractivity contribution in [2.45, 2.75) is 77.0 Å². The fraction of sp³-hybridized carbons (Fsp3) is 0.500. The molecule has 2 aromatic heterocycles. The number of unbranched alkanes of at least 4 members (excludes halogenated alkanes) is 1. The topological polar surface area (TPSA) is 34.0 Å². The Kier molecular flexibility index (Phi) is 8.29. The molecule has 1 aliphatic heterocycles. The lowest BCUT2D eigenvalue weighted by Crippen LogP contribution is -2.34. The van der Waals surface area contributed by atoms with Crippen LogP contribution in [0.3, 0.4) is 0 Å². The summed E-state index contributed by atoms with van der Waals surface area (Å²) in [5, 5.41) is 2.12. The van der Waals surface area contributed by atoms with Crippen LogP contribution in [-0.2, 0) is 4.74 Å². The Labute approximate surface area is 233 Å². The molecule has 1 spiro atoms. The third-order valence-corrected chi connectivity index (χ3v) is 10.6. The van der Waals surface area contributed by atoms with Crippen molar-refractivity contribution in [1.29, 1.82) is 0 Å². The highest BCUT2D eigenvalue weighted by Gasteiger charge is 2.38. The number of hydrogen-bond donors (Lipinski definition) is 0. The quantitative estimate of drug-likeness (QED) is 0.231. The normalized spacial score (nSPS) is 17.8. The molecular formula is C28H32Br2N2OS2. The maximum atomic E-state index is 6.41. The highest BCUT2D eigenvalue weighted by atomic mass is 79.9. The van der Waals surface area contributed by atoms with Crippen molar-refractivity contribution in [2.24, 2.45) is 15.9 Å². The van der Waals surface area contributed by atoms with Crippen molar-refractivity contribution in [2.75, 3.05) is 6.61 Å². The standard InChI is InChI=1S/C28H32Br2N2OS2/c1-3-5-6-18(4-2)17-33-19-13-15-28(16-14-19)31-26-20(22-9-11-24(29)34-22)7-8-21(27(26)32-28)23-10-12-25(30)35-23/h7-12,18-19H,3-6,13-17H2,1-2H3. The first-order valence-electron chi connectivity index (χ1n) is 12.8. The number of fused-ring (bicyclic) bond motifs is 1. The van der Waals surface area contributed by atoms with Gasteiger partial charge in [0.2, 0.25) is 0 Å². The van der Waals surface area contributed by atoms with Gasteiger partial charge in [-0.15, -0.1) is 22.7 Å². The minimum absolute atomic E-state index is 0.339. The van der Waals surface area contributed by atoms with Crippen LogP contribution in [-0.4, -0.2) is 18.4 Å². The first-order chi connectivity index (χ1) is 17.0. The van der Waals surface area contributed by atoms with Crippen LogP contribution in [0, 0.1) is 5.92 Å². The summed E-state index contributed by atoms with van der Waals surface area (Å²) in [7, 11) is 0. The molecule has 0 N–H and O–H groups in total. The van der Waals surface area contributed by atoms with E-state index in [0.717, 1.165) is 50.6 Å². The summed E-state index contributed by atoms with van der Waals surface area (Å²) in [5.74, 6) is 0.691. The van der Waals surface area contributed by atoms with Crippen LogP contribution >= 0.6 is 54.5 Å². The molecule has 1 fully saturated rings. The van der Waals surface area contributed by atoms with Crippen LogP contribution in [0.15, 0.2) is 54.0 Å². The zero-order chi connectivity index (χ0) is 24.4. The Morgan fingerprint density at radius 1 is 0.914 bits per heavy atom. The maximum Gasteiger partial charge on any atom is 0.151 e. The summed E-state index contributed by atoms with van der Waals surface area (Å²) >= 11 is 10.8. The van der Waals surface area contributed by atoms with Crippen molar-refractivity contribution >= 4 is 54.5 Å². The number of hydrogen-bond acceptors (Lipinski definition) is 5. The molecule has 0 amide bonds. The Morgan fingerprint density at radius 3 is 1.94 bits per heavy atom. The van der Waals surface area contributed by atoms with Crippen molar-refractivity contribution in [3.05, 3.63) is 54.7 Å². The fourth-order valence-electron chi connectivity index (χ4n) is 5.18. The summed E-state index contributed by atoms with van der Waals surface area (Å²) in [6.07, 6.45) is 9.38. The average molecular weight is 637 g/mol. The van der Waals surface area contributed by atoms with Crippen molar-refractivity contribution in [1.82, 2.24) is 0 Å². The van der Waals surface area contributed by atoms with Crippen LogP contribution in [0.5, 0.6) is 0 Å². The van der Waals surface area contributed by atoms with Crippen LogP contribution in [0.25, 0.3) is 20.9 Å². The van der Waals surface area contributed by atoms with E-state index in [0.29, 0.717) is 12.0 Å². The molecule has 3 nitrogen and oxygen atoms in total. The zero-order valence-electron chi connectivity index (χ0n) is 20.4. The van der Waals surface area contributed by atoms with Gasteiger partial charge in [-0.1, -0.05) is 45.2 Å². The van der Waals surface area contributed by atoms with E-state index in [1.54, 1.807) is 22.7 Å². The van der Waals surface area contributed by atoms with Crippen molar-refractivity contribution in [3.63, 3.8) is 0 Å². The number of ether oxygens (including phenoxy) is 1. The lowest BCUT2D eigenvalue weighted by Gasteiger charge is -2.33. The highest BCUT2D eigenvalue weighted by molar-refractivity contribution is 9.11. The second-order valence-corrected chi connectivity index (χ2v) is 14.6. The molecule has 5 rings (SSSR count). The van der Waals surface area contributed by atoms with Crippen LogP contribution < -0.4 is 10.7 Å². The van der Waals surface area contributed by atoms with Gasteiger partial charge in [-0.2, -0.15) is 0 Å². The van der Waals surface area contributed by atoms with Gasteiger partial charge in [-0.05, 0) is 94.1 Å². The van der Waals surface area contributed by atoms with E-state index < -0.39 is 0 Å². The van der Waals surface area contributed by atoms with E-state index in [1.807, 2.05) is 0 Å². The maximum absolute atomic E-state index is 6.41. The third kappa shape index (κ3) is 5.69. The van der Waals surface area contributed by atoms with Gasteiger partial charge in [0.1, 0.15) is 0 Å². The lowest BCUT2D eigenvalue weighted by atomic mass is 9.88. The number of nitrogens with zero attached hydrogens (tertiary/aromatic N) is 2. The number of thiophene rings is 2. The van der Waals surface area contributed by atoms with Gasteiger partial charge >= 0.3 is 0 Å². The second-order valence-electron chi connectivity index (χ2n) is 9.72. The van der Waals surface area contributed by atoms with Gasteiger partial charge in [0.05, 0.1) is 24.4 Å². The van der Waals surface area contributed by atoms with E-state index in [1.165, 1.54) is 46.6 Å². The second kappa shape index (κ2) is 11.3. The van der Waals surface area contributed by atoms with Gasteiger partial charge < -0.3 is 4.74 Å². The van der Waals surface area contributed by atoms with Gasteiger partial charge in [0, 0.05) is 27.5 Å². The summed E-state index contributed by atoms with van der Waals surface area (Å²) < 4.78 is 8.69. The van der Waals surface area contributed by atoms with Crippen LogP contribution in [0.1, 0.15) is 65.2 Å². The molecule has 0 bridgehead atoms. The molecule has 3 heterocycles. The Balaban J connectivity index is 1.41. The predicted octanol–water partition coefficient (Wildman–Crippen LogP) is 8.79. The van der Waals surface area contributed by atoms with Crippen LogP contribution in [0.2, 0.25) is 0 Å². The summed E-state index contributed by atoms with van der Waals surface area (Å²) in [4.78, 5) is 13.2. The smallest absolute Gasteiger partial charge is 0.151 e. The minimum Gasteiger partial charge on any atom is -0.378 e. The third-order valence-electron chi connectivity index (χ3n) is 7.31. The molecule has 7 heteroatoms. The van der Waals surface area contributed by atoms with E-state index in [2.05, 4.69) is 82.1 Å². The molecule has 1 saturated carbocycles. The molecule has 1 atom stereocenters. The molecule has 1 unspecified atom stereocenters. The zero-order valence-corrected chi connectivity index (χ0v) is 25.2. The molecule has 0 radical (unpaired) electrons. The minimum atomic E-state index is -0.345. The number of rotatable bonds is 9. The fourth-order valence-corrected chi connectivity index (χ4v) is 8.00. The molecule has 1 aliphatic carbocycles. The van der Waals surface area contributed by atoms with E-state index in [-0.39, 0.29) is 5.66 Å². The van der Waals surface area contributed by atoms with E-state index >= 15 is 0 Å². The van der Waals surface area contributed by atoms with Gasteiger partial charge in [-0.25, -0.2) is 0 Å². The average Bonchev–Trinajstić information content (AvgIpc) is 3.58. The van der Waals surface area contributed by atoms with Gasteiger partial charge in [0.25, 0.3) is 0 Å². The van der Waals surface area contributed by atoms with Crippen LogP contribution in [0.4, 0.5) is 0 Å². The van der Waals surface area contributed by atoms with Gasteiger partial charge in [0.15, 0.2) is 5.66 Å². The summed E-state index contributed by atoms with van der Waals surface area (Å²) in [6.45, 7) is 5.46. The van der Waals surface area contributed by atoms with Crippen molar-refractivity contribution < 1.29 is 4.74 Å². The summed E-state index contributed by atoms with van der Waals surface area (Å²) in [5.41, 5.74) is 2.04. The number of halogens is 2. The molecule has 0 saturated heterocycles. The highest BCUT2D eigenvalue weighted by Crippen LogP contribution is 2.38. The van der Waals surface area contributed by atoms with E-state index in [4.69, 9.17) is 14.7 Å². The SMILES string of the molecule is CCCCC(CC)COC1CCC2(CC1)N=c1c(-c3ccc(Br)s3)ccc(-c3ccc(Br)s3)c1=N2. The summed E-state index contributed by atoms with van der Waals surface area (Å²) in [6, 6.07) is 13.1. The molecule has 186 valence electrons. The Morgan fingerprint density at radius 2 is 1.49 bits per heavy atom. The lowest BCUT2D eigenvalue weighted by molar-refractivity contribution is -0.00593. The molecule has 3 aromatic rings. The Bertz CT molecular complexity index is 1210. The monoisotopic (exact) mass is 634 g/mol. The molecule has 2 aliphatic rings. The number of benzene rings is 1. The largest absolute Gasteiger partial charge is 0.378 e.